The Labute approximate surface area is 112 Å². The quantitative estimate of drug-likeness (QED) is 0.839. The van der Waals surface area contributed by atoms with Crippen molar-refractivity contribution in [3.63, 3.8) is 0 Å². The summed E-state index contributed by atoms with van der Waals surface area (Å²) in [5, 5.41) is 8.80. The number of hydrogen-bond donors (Lipinski definition) is 0. The molecule has 0 aliphatic carbocycles. The van der Waals surface area contributed by atoms with E-state index in [0.29, 0.717) is 0 Å². The van der Waals surface area contributed by atoms with Gasteiger partial charge in [-0.3, -0.25) is 0 Å². The summed E-state index contributed by atoms with van der Waals surface area (Å²) >= 11 is 5.89. The molecule has 0 radical (unpaired) electrons. The topological polar surface area (TPSA) is 49.1 Å². The number of hydrogen-bond acceptors (Lipinski definition) is 4. The van der Waals surface area contributed by atoms with E-state index in [9.17, 15) is 13.2 Å². The van der Waals surface area contributed by atoms with Crippen LogP contribution < -0.4 is 4.90 Å². The molecule has 1 saturated heterocycles. The first-order valence-corrected chi connectivity index (χ1v) is 5.63. The van der Waals surface area contributed by atoms with Crippen molar-refractivity contribution in [2.75, 3.05) is 25.1 Å². The third-order valence-corrected chi connectivity index (χ3v) is 3.33. The monoisotopic (exact) mass is 291 g/mol. The molecule has 1 fully saturated rings. The summed E-state index contributed by atoms with van der Waals surface area (Å²) in [5.41, 5.74) is -1.92. The van der Waals surface area contributed by atoms with Gasteiger partial charge in [0.05, 0.1) is 23.7 Å². The van der Waals surface area contributed by atoms with E-state index in [1.807, 2.05) is 6.07 Å². The van der Waals surface area contributed by atoms with Gasteiger partial charge in [-0.2, -0.15) is 18.4 Å². The maximum atomic E-state index is 12.8. The van der Waals surface area contributed by atoms with Crippen molar-refractivity contribution >= 4 is 17.4 Å². The number of halogens is 4. The van der Waals surface area contributed by atoms with Gasteiger partial charge in [0.2, 0.25) is 0 Å². The summed E-state index contributed by atoms with van der Waals surface area (Å²) in [6.07, 6.45) is -3.18. The molecule has 1 aromatic heterocycles. The molecule has 0 N–H and O–H groups in total. The van der Waals surface area contributed by atoms with Gasteiger partial charge in [0.25, 0.3) is 0 Å². The van der Waals surface area contributed by atoms with Crippen LogP contribution in [0, 0.1) is 11.3 Å². The fraction of sp³-hybridized carbons (Fsp3) is 0.455. The van der Waals surface area contributed by atoms with Crippen LogP contribution in [0.25, 0.3) is 0 Å². The fourth-order valence-corrected chi connectivity index (χ4v) is 2.15. The standard InChI is InChI=1S/C11H9ClF3N3O/c1-19-10(11(13,14)15)5-18(6-10)9-8(12)2-7(3-16)4-17-9/h2,4H,5-6H2,1H3. The van der Waals surface area contributed by atoms with Crippen LogP contribution in [0.2, 0.25) is 5.02 Å². The molecule has 0 saturated carbocycles. The van der Waals surface area contributed by atoms with Gasteiger partial charge < -0.3 is 9.64 Å². The molecule has 0 aromatic carbocycles. The molecular weight excluding hydrogens is 283 g/mol. The molecule has 1 aliphatic rings. The lowest BCUT2D eigenvalue weighted by molar-refractivity contribution is -0.277. The molecule has 19 heavy (non-hydrogen) atoms. The van der Waals surface area contributed by atoms with Crippen molar-refractivity contribution in [2.45, 2.75) is 11.8 Å². The lowest BCUT2D eigenvalue weighted by Crippen LogP contribution is -2.70. The molecule has 0 amide bonds. The lowest BCUT2D eigenvalue weighted by atomic mass is 9.93. The third kappa shape index (κ3) is 2.22. The van der Waals surface area contributed by atoms with E-state index in [1.165, 1.54) is 17.2 Å². The zero-order valence-corrected chi connectivity index (χ0v) is 10.6. The Balaban J connectivity index is 2.19. The highest BCUT2D eigenvalue weighted by Crippen LogP contribution is 2.43. The first kappa shape index (κ1) is 13.9. The summed E-state index contributed by atoms with van der Waals surface area (Å²) in [6, 6.07) is 3.22. The normalized spacial score (nSPS) is 17.8. The molecule has 8 heteroatoms. The van der Waals surface area contributed by atoms with E-state index >= 15 is 0 Å². The SMILES string of the molecule is COC1(C(F)(F)F)CN(c2ncc(C#N)cc2Cl)C1. The predicted octanol–water partition coefficient (Wildman–Crippen LogP) is 2.37. The van der Waals surface area contributed by atoms with E-state index in [0.717, 1.165) is 7.11 Å². The molecule has 0 spiro atoms. The smallest absolute Gasteiger partial charge is 0.365 e. The minimum atomic E-state index is -4.45. The van der Waals surface area contributed by atoms with Crippen LogP contribution in [0.3, 0.4) is 0 Å². The molecule has 4 nitrogen and oxygen atoms in total. The molecule has 1 aliphatic heterocycles. The number of nitrogens with zero attached hydrogens (tertiary/aromatic N) is 3. The summed E-state index contributed by atoms with van der Waals surface area (Å²) < 4.78 is 43.0. The third-order valence-electron chi connectivity index (χ3n) is 3.05. The Morgan fingerprint density at radius 2 is 2.16 bits per heavy atom. The molecule has 2 rings (SSSR count). The van der Waals surface area contributed by atoms with Crippen molar-refractivity contribution < 1.29 is 17.9 Å². The van der Waals surface area contributed by atoms with Crippen LogP contribution in [0.15, 0.2) is 12.3 Å². The minimum absolute atomic E-state index is 0.144. The van der Waals surface area contributed by atoms with Crippen molar-refractivity contribution in [2.24, 2.45) is 0 Å². The van der Waals surface area contributed by atoms with Crippen LogP contribution in [-0.4, -0.2) is 37.0 Å². The predicted molar refractivity (Wildman–Crippen MR) is 62.0 cm³/mol. The zero-order chi connectivity index (χ0) is 14.3. The van der Waals surface area contributed by atoms with E-state index < -0.39 is 11.8 Å². The maximum Gasteiger partial charge on any atom is 0.420 e. The number of rotatable bonds is 2. The maximum absolute atomic E-state index is 12.8. The number of nitriles is 1. The number of aromatic nitrogens is 1. The van der Waals surface area contributed by atoms with Crippen LogP contribution in [0.5, 0.6) is 0 Å². The number of alkyl halides is 3. The average molecular weight is 292 g/mol. The Kier molecular flexibility index (Phi) is 3.32. The highest BCUT2D eigenvalue weighted by atomic mass is 35.5. The van der Waals surface area contributed by atoms with Gasteiger partial charge in [-0.25, -0.2) is 4.98 Å². The lowest BCUT2D eigenvalue weighted by Gasteiger charge is -2.50. The summed E-state index contributed by atoms with van der Waals surface area (Å²) in [5.74, 6) is 0.220. The van der Waals surface area contributed by atoms with Gasteiger partial charge in [0, 0.05) is 13.3 Å². The van der Waals surface area contributed by atoms with E-state index in [1.54, 1.807) is 0 Å². The Bertz CT molecular complexity index is 535. The van der Waals surface area contributed by atoms with Gasteiger partial charge >= 0.3 is 6.18 Å². The first-order chi connectivity index (χ1) is 8.83. The molecule has 0 unspecified atom stereocenters. The van der Waals surface area contributed by atoms with E-state index in [-0.39, 0.29) is 29.5 Å². The van der Waals surface area contributed by atoms with Crippen molar-refractivity contribution in [1.29, 1.82) is 5.26 Å². The molecule has 1 aromatic rings. The van der Waals surface area contributed by atoms with Crippen molar-refractivity contribution in [3.05, 3.63) is 22.8 Å². The zero-order valence-electron chi connectivity index (χ0n) is 9.83. The fourth-order valence-electron chi connectivity index (χ4n) is 1.87. The van der Waals surface area contributed by atoms with E-state index in [4.69, 9.17) is 16.9 Å². The largest absolute Gasteiger partial charge is 0.420 e. The van der Waals surface area contributed by atoms with Crippen LogP contribution in [-0.2, 0) is 4.74 Å². The number of pyridine rings is 1. The second-order valence-corrected chi connectivity index (χ2v) is 4.60. The van der Waals surface area contributed by atoms with Gasteiger partial charge in [-0.05, 0) is 6.07 Å². The van der Waals surface area contributed by atoms with Gasteiger partial charge in [-0.1, -0.05) is 11.6 Å². The van der Waals surface area contributed by atoms with Crippen LogP contribution in [0.4, 0.5) is 19.0 Å². The van der Waals surface area contributed by atoms with Gasteiger partial charge in [0.1, 0.15) is 11.9 Å². The highest BCUT2D eigenvalue weighted by molar-refractivity contribution is 6.33. The summed E-state index contributed by atoms with van der Waals surface area (Å²) in [7, 11) is 1.03. The number of methoxy groups -OCH3 is 1. The van der Waals surface area contributed by atoms with Crippen molar-refractivity contribution in [1.82, 2.24) is 4.98 Å². The van der Waals surface area contributed by atoms with Crippen LogP contribution >= 0.6 is 11.6 Å². The van der Waals surface area contributed by atoms with Gasteiger partial charge in [0.15, 0.2) is 5.60 Å². The van der Waals surface area contributed by atoms with Crippen LogP contribution in [0.1, 0.15) is 5.56 Å². The highest BCUT2D eigenvalue weighted by Gasteiger charge is 2.63. The second-order valence-electron chi connectivity index (χ2n) is 4.19. The molecule has 102 valence electrons. The molecule has 2 heterocycles. The van der Waals surface area contributed by atoms with E-state index in [2.05, 4.69) is 9.72 Å². The van der Waals surface area contributed by atoms with Crippen molar-refractivity contribution in [3.8, 4) is 6.07 Å². The van der Waals surface area contributed by atoms with Gasteiger partial charge in [-0.15, -0.1) is 0 Å². The molecular formula is C11H9ClF3N3O. The Hall–Kier alpha value is -1.52. The summed E-state index contributed by atoms with van der Waals surface area (Å²) in [6.45, 7) is -0.739. The first-order valence-electron chi connectivity index (χ1n) is 5.25. The number of ether oxygens (including phenoxy) is 1. The Morgan fingerprint density at radius 1 is 1.53 bits per heavy atom. The molecule has 0 atom stereocenters. The average Bonchev–Trinajstić information content (AvgIpc) is 2.28. The Morgan fingerprint density at radius 3 is 2.58 bits per heavy atom. The second kappa shape index (κ2) is 4.54. The summed E-state index contributed by atoms with van der Waals surface area (Å²) in [4.78, 5) is 5.26. The number of anilines is 1. The molecule has 0 bridgehead atoms. The minimum Gasteiger partial charge on any atom is -0.365 e.